The minimum absolute atomic E-state index is 0.000848. The molecule has 1 amide bonds. The summed E-state index contributed by atoms with van der Waals surface area (Å²) in [5.74, 6) is -0.129. The molecule has 0 rings (SSSR count). The van der Waals surface area contributed by atoms with Crippen molar-refractivity contribution in [1.29, 1.82) is 0 Å². The summed E-state index contributed by atoms with van der Waals surface area (Å²) in [6.45, 7) is 4.76. The number of ether oxygens (including phenoxy) is 1. The summed E-state index contributed by atoms with van der Waals surface area (Å²) in [4.78, 5) is 24.5. The zero-order valence-corrected chi connectivity index (χ0v) is 48.0. The van der Waals surface area contributed by atoms with Gasteiger partial charge >= 0.3 is 5.97 Å². The van der Waals surface area contributed by atoms with E-state index in [1.165, 1.54) is 250 Å². The highest BCUT2D eigenvalue weighted by Gasteiger charge is 2.18. The van der Waals surface area contributed by atoms with Crippen LogP contribution >= 0.6 is 0 Å². The molecule has 0 spiro atoms. The van der Waals surface area contributed by atoms with E-state index in [0.29, 0.717) is 25.9 Å². The Kier molecular flexibility index (Phi) is 58.3. The largest absolute Gasteiger partial charge is 0.466 e. The fourth-order valence-corrected chi connectivity index (χ4v) is 9.80. The molecular weight excluding hydrogens is 891 g/mol. The number of carbonyl (C=O) groups is 2. The molecule has 0 fully saturated rings. The Bertz CT molecular complexity index is 1190. The summed E-state index contributed by atoms with van der Waals surface area (Å²) >= 11 is 0. The van der Waals surface area contributed by atoms with Gasteiger partial charge in [0, 0.05) is 12.8 Å². The summed E-state index contributed by atoms with van der Waals surface area (Å²) < 4.78 is 5.48. The summed E-state index contributed by atoms with van der Waals surface area (Å²) in [6, 6.07) is -0.748. The van der Waals surface area contributed by atoms with Crippen LogP contribution in [0, 0.1) is 0 Å². The Morgan fingerprint density at radius 1 is 0.417 bits per heavy atom. The van der Waals surface area contributed by atoms with Gasteiger partial charge in [-0.05, 0) is 57.8 Å². The molecule has 0 bridgehead atoms. The summed E-state index contributed by atoms with van der Waals surface area (Å²) in [6.07, 6.45) is 72.2. The fraction of sp³-hybridized carbons (Fsp3) is 0.877. The van der Waals surface area contributed by atoms with Crippen molar-refractivity contribution in [1.82, 2.24) is 5.32 Å². The van der Waals surface area contributed by atoms with Gasteiger partial charge in [0.15, 0.2) is 0 Å². The van der Waals surface area contributed by atoms with Crippen molar-refractivity contribution in [2.45, 2.75) is 353 Å². The standard InChI is InChI=1S/C65H123NO6/c1-3-5-7-9-11-13-14-15-29-33-36-40-44-48-52-56-65(71)72-59-53-49-45-41-37-34-31-28-26-24-22-20-18-16-17-19-21-23-25-27-30-32-35-39-43-47-51-55-64(70)66-62(60-67)63(69)58-57-61(68)54-50-46-42-38-12-10-8-6-4-2/h11,13,15,29,57-58,61-63,67-69H,3-10,12,14,16-28,30-56,59-60H2,1-2H3,(H,66,70)/b13-11-,29-15-,58-57+/t61-,62+,63-/m1/s1. The van der Waals surface area contributed by atoms with Crippen molar-refractivity contribution in [3.05, 3.63) is 36.5 Å². The third-order valence-corrected chi connectivity index (χ3v) is 14.7. The van der Waals surface area contributed by atoms with Crippen LogP contribution in [0.25, 0.3) is 0 Å². The van der Waals surface area contributed by atoms with Gasteiger partial charge in [-0.1, -0.05) is 301 Å². The molecule has 0 saturated heterocycles. The lowest BCUT2D eigenvalue weighted by Crippen LogP contribution is -2.45. The van der Waals surface area contributed by atoms with Crippen molar-refractivity contribution in [2.24, 2.45) is 0 Å². The Morgan fingerprint density at radius 2 is 0.764 bits per heavy atom. The lowest BCUT2D eigenvalue weighted by Gasteiger charge is -2.20. The number of nitrogens with one attached hydrogen (secondary N) is 1. The SMILES string of the molecule is CCCCC/C=C\C/C=C\CCCCCCCC(=O)OCCCCCCCCCCCCCCCCCCCCCCCCCCCCCC(=O)N[C@@H](CO)[C@H](O)/C=C/[C@H](O)CCCCCCCCCCC. The molecule has 72 heavy (non-hydrogen) atoms. The third kappa shape index (κ3) is 55.8. The van der Waals surface area contributed by atoms with Gasteiger partial charge < -0.3 is 25.4 Å². The second-order valence-electron chi connectivity index (χ2n) is 21.9. The number of allylic oxidation sites excluding steroid dienone is 4. The summed E-state index contributed by atoms with van der Waals surface area (Å²) in [7, 11) is 0. The van der Waals surface area contributed by atoms with Crippen molar-refractivity contribution < 1.29 is 29.6 Å². The number of carbonyl (C=O) groups excluding carboxylic acids is 2. The highest BCUT2D eigenvalue weighted by Crippen LogP contribution is 2.18. The Morgan fingerprint density at radius 3 is 1.19 bits per heavy atom. The minimum Gasteiger partial charge on any atom is -0.466 e. The van der Waals surface area contributed by atoms with E-state index in [1.54, 1.807) is 6.08 Å². The number of unbranched alkanes of at least 4 members (excludes halogenated alkanes) is 42. The van der Waals surface area contributed by atoms with E-state index in [1.807, 2.05) is 0 Å². The number of hydrogen-bond donors (Lipinski definition) is 4. The van der Waals surface area contributed by atoms with E-state index >= 15 is 0 Å². The van der Waals surface area contributed by atoms with E-state index in [4.69, 9.17) is 4.74 Å². The van der Waals surface area contributed by atoms with E-state index in [0.717, 1.165) is 57.8 Å². The zero-order chi connectivity index (χ0) is 52.3. The van der Waals surface area contributed by atoms with Gasteiger partial charge in [0.1, 0.15) is 0 Å². The molecule has 7 nitrogen and oxygen atoms in total. The lowest BCUT2D eigenvalue weighted by atomic mass is 10.0. The Labute approximate surface area is 447 Å². The van der Waals surface area contributed by atoms with Crippen LogP contribution in [-0.4, -0.2) is 58.7 Å². The second kappa shape index (κ2) is 59.9. The number of amides is 1. The maximum Gasteiger partial charge on any atom is 0.305 e. The predicted molar refractivity (Wildman–Crippen MR) is 312 cm³/mol. The van der Waals surface area contributed by atoms with Crippen LogP contribution in [0.5, 0.6) is 0 Å². The zero-order valence-electron chi connectivity index (χ0n) is 48.0. The van der Waals surface area contributed by atoms with Gasteiger partial charge in [-0.15, -0.1) is 0 Å². The topological polar surface area (TPSA) is 116 Å². The van der Waals surface area contributed by atoms with E-state index in [-0.39, 0.29) is 18.5 Å². The number of rotatable bonds is 59. The van der Waals surface area contributed by atoms with Gasteiger partial charge in [0.2, 0.25) is 5.91 Å². The monoisotopic (exact) mass is 1010 g/mol. The second-order valence-corrected chi connectivity index (χ2v) is 21.9. The molecule has 424 valence electrons. The van der Waals surface area contributed by atoms with Crippen molar-refractivity contribution in [3.63, 3.8) is 0 Å². The molecule has 4 N–H and O–H groups in total. The first-order valence-corrected chi connectivity index (χ1v) is 31.8. The first-order valence-electron chi connectivity index (χ1n) is 31.8. The third-order valence-electron chi connectivity index (χ3n) is 14.7. The Hall–Kier alpha value is -1.96. The molecule has 0 aliphatic carbocycles. The average molecular weight is 1010 g/mol. The molecule has 0 heterocycles. The highest BCUT2D eigenvalue weighted by molar-refractivity contribution is 5.76. The quantitative estimate of drug-likeness (QED) is 0.0274. The van der Waals surface area contributed by atoms with Crippen molar-refractivity contribution >= 4 is 11.9 Å². The average Bonchev–Trinajstić information content (AvgIpc) is 3.38. The molecule has 0 aromatic rings. The van der Waals surface area contributed by atoms with Gasteiger partial charge in [0.25, 0.3) is 0 Å². The van der Waals surface area contributed by atoms with Gasteiger partial charge in [-0.3, -0.25) is 9.59 Å². The van der Waals surface area contributed by atoms with Gasteiger partial charge in [-0.25, -0.2) is 0 Å². The fourth-order valence-electron chi connectivity index (χ4n) is 9.80. The number of hydrogen-bond acceptors (Lipinski definition) is 6. The van der Waals surface area contributed by atoms with Crippen LogP contribution in [0.3, 0.4) is 0 Å². The predicted octanol–water partition coefficient (Wildman–Crippen LogP) is 18.9. The van der Waals surface area contributed by atoms with E-state index < -0.39 is 18.2 Å². The molecule has 3 atom stereocenters. The van der Waals surface area contributed by atoms with E-state index in [2.05, 4.69) is 43.5 Å². The number of aliphatic hydroxyl groups is 3. The first-order chi connectivity index (χ1) is 35.4. The van der Waals surface area contributed by atoms with Crippen LogP contribution in [0.15, 0.2) is 36.5 Å². The Balaban J connectivity index is 3.39. The molecular formula is C65H123NO6. The maximum absolute atomic E-state index is 12.5. The van der Waals surface area contributed by atoms with Crippen LogP contribution in [-0.2, 0) is 14.3 Å². The molecule has 7 heteroatoms. The molecule has 0 saturated carbocycles. The minimum atomic E-state index is -1.02. The summed E-state index contributed by atoms with van der Waals surface area (Å²) in [5.41, 5.74) is 0. The number of esters is 1. The van der Waals surface area contributed by atoms with Crippen LogP contribution in [0.2, 0.25) is 0 Å². The van der Waals surface area contributed by atoms with Crippen LogP contribution < -0.4 is 5.32 Å². The van der Waals surface area contributed by atoms with Crippen LogP contribution in [0.4, 0.5) is 0 Å². The maximum atomic E-state index is 12.5. The number of aliphatic hydroxyl groups excluding tert-OH is 3. The molecule has 0 aliphatic rings. The molecule has 0 unspecified atom stereocenters. The van der Waals surface area contributed by atoms with Crippen molar-refractivity contribution in [2.75, 3.05) is 13.2 Å². The molecule has 0 aromatic heterocycles. The summed E-state index contributed by atoms with van der Waals surface area (Å²) in [5, 5.41) is 33.3. The lowest BCUT2D eigenvalue weighted by molar-refractivity contribution is -0.143. The van der Waals surface area contributed by atoms with E-state index in [9.17, 15) is 24.9 Å². The first kappa shape index (κ1) is 70.0. The molecule has 0 aliphatic heterocycles. The normalized spacial score (nSPS) is 13.2. The highest BCUT2D eigenvalue weighted by atomic mass is 16.5. The van der Waals surface area contributed by atoms with Crippen molar-refractivity contribution in [3.8, 4) is 0 Å². The van der Waals surface area contributed by atoms with Crippen LogP contribution in [0.1, 0.15) is 335 Å². The smallest absolute Gasteiger partial charge is 0.305 e. The van der Waals surface area contributed by atoms with Gasteiger partial charge in [-0.2, -0.15) is 0 Å². The molecule has 0 aromatic carbocycles. The molecule has 0 radical (unpaired) electrons. The van der Waals surface area contributed by atoms with Gasteiger partial charge in [0.05, 0.1) is 31.5 Å².